The van der Waals surface area contributed by atoms with E-state index in [1.54, 1.807) is 4.90 Å². The van der Waals surface area contributed by atoms with Gasteiger partial charge in [-0.2, -0.15) is 23.1 Å². The molecule has 1 unspecified atom stereocenters. The zero-order valence-corrected chi connectivity index (χ0v) is 24.2. The molecule has 0 aromatic carbocycles. The molecule has 0 saturated carbocycles. The number of pyridine rings is 1. The molecule has 3 aliphatic rings. The molecule has 3 atom stereocenters. The second-order valence-corrected chi connectivity index (χ2v) is 11.1. The van der Waals surface area contributed by atoms with Crippen LogP contribution in [0, 0.1) is 13.5 Å². The molecule has 43 heavy (non-hydrogen) atoms. The van der Waals surface area contributed by atoms with E-state index in [4.69, 9.17) is 26.8 Å². The number of rotatable bonds is 7. The molecule has 2 aromatic heterocycles. The molecule has 2 saturated heterocycles. The monoisotopic (exact) mass is 600 g/mol. The number of likely N-dealkylation sites (N-methyl/N-ethyl adjacent to an activating group) is 1. The first-order valence-electron chi connectivity index (χ1n) is 14.2. The van der Waals surface area contributed by atoms with Crippen LogP contribution in [0.5, 0.6) is 6.01 Å². The molecule has 230 valence electrons. The van der Waals surface area contributed by atoms with Crippen LogP contribution in [-0.4, -0.2) is 89.1 Å². The third-order valence-electron chi connectivity index (χ3n) is 8.33. The number of carbonyl (C=O) groups is 1. The fraction of sp³-hybridized carbons (Fsp3) is 0.552. The highest BCUT2D eigenvalue weighted by atomic mass is 19.4. The van der Waals surface area contributed by atoms with E-state index in [-0.39, 0.29) is 54.6 Å². The number of hydrogen-bond acceptors (Lipinski definition) is 9. The molecule has 1 amide bonds. The fourth-order valence-corrected chi connectivity index (χ4v) is 6.13. The number of hydrogen-bond donors (Lipinski definition) is 1. The highest BCUT2D eigenvalue weighted by Gasteiger charge is 2.41. The number of piperazine rings is 1. The molecule has 2 aromatic rings. The Labute approximate surface area is 248 Å². The summed E-state index contributed by atoms with van der Waals surface area (Å²) in [5.41, 5.74) is 5.81. The van der Waals surface area contributed by atoms with Crippen molar-refractivity contribution >= 4 is 17.5 Å². The van der Waals surface area contributed by atoms with Gasteiger partial charge in [0.15, 0.2) is 0 Å². The van der Waals surface area contributed by atoms with Crippen molar-refractivity contribution in [1.82, 2.24) is 24.8 Å². The SMILES string of the molecule is [C-]#[N+]C[C@H]1CN(c2nc(OC[C@@H]3CCCN3C)nc3c2COC(c2nc(N)cc(C)c2C(F)(F)F)C3)CCN1C(=O)C=C. The van der Waals surface area contributed by atoms with Gasteiger partial charge in [0.25, 0.3) is 0 Å². The van der Waals surface area contributed by atoms with Crippen LogP contribution >= 0.6 is 0 Å². The Kier molecular flexibility index (Phi) is 8.75. The highest BCUT2D eigenvalue weighted by molar-refractivity contribution is 5.87. The zero-order chi connectivity index (χ0) is 30.9. The van der Waals surface area contributed by atoms with Gasteiger partial charge in [0.1, 0.15) is 30.4 Å². The molecular weight excluding hydrogens is 565 g/mol. The fourth-order valence-electron chi connectivity index (χ4n) is 6.13. The second-order valence-electron chi connectivity index (χ2n) is 11.1. The first kappa shape index (κ1) is 30.5. The van der Waals surface area contributed by atoms with Crippen LogP contribution < -0.4 is 15.4 Å². The summed E-state index contributed by atoms with van der Waals surface area (Å²) in [6.45, 7) is 14.8. The van der Waals surface area contributed by atoms with Crippen molar-refractivity contribution in [3.63, 3.8) is 0 Å². The zero-order valence-electron chi connectivity index (χ0n) is 24.2. The predicted molar refractivity (Wildman–Crippen MR) is 152 cm³/mol. The number of fused-ring (bicyclic) bond motifs is 1. The molecule has 14 heteroatoms. The Morgan fingerprint density at radius 1 is 1.28 bits per heavy atom. The molecule has 3 aliphatic heterocycles. The number of nitrogens with zero attached hydrogens (tertiary/aromatic N) is 7. The molecule has 5 rings (SSSR count). The molecule has 5 heterocycles. The Morgan fingerprint density at radius 3 is 2.74 bits per heavy atom. The Hall–Kier alpha value is -3.96. The average Bonchev–Trinajstić information content (AvgIpc) is 3.38. The van der Waals surface area contributed by atoms with E-state index in [1.165, 1.54) is 19.1 Å². The van der Waals surface area contributed by atoms with Crippen LogP contribution in [0.1, 0.15) is 47.0 Å². The van der Waals surface area contributed by atoms with Gasteiger partial charge in [-0.3, -0.25) is 4.79 Å². The minimum absolute atomic E-state index is 0.00388. The number of aromatic nitrogens is 3. The number of likely N-dealkylation sites (tertiary alicyclic amines) is 1. The Morgan fingerprint density at radius 2 is 2.07 bits per heavy atom. The number of ether oxygens (including phenoxy) is 2. The van der Waals surface area contributed by atoms with Crippen LogP contribution in [0.3, 0.4) is 0 Å². The van der Waals surface area contributed by atoms with E-state index < -0.39 is 23.9 Å². The van der Waals surface area contributed by atoms with Crippen molar-refractivity contribution in [3.8, 4) is 6.01 Å². The normalized spacial score (nSPS) is 22.7. The number of halogens is 3. The topological polar surface area (TPSA) is 114 Å². The summed E-state index contributed by atoms with van der Waals surface area (Å²) in [6.07, 6.45) is -2.42. The Balaban J connectivity index is 1.50. The van der Waals surface area contributed by atoms with Gasteiger partial charge in [-0.05, 0) is 51.1 Å². The summed E-state index contributed by atoms with van der Waals surface area (Å²) >= 11 is 0. The second kappa shape index (κ2) is 12.3. The van der Waals surface area contributed by atoms with E-state index in [0.717, 1.165) is 19.4 Å². The average molecular weight is 601 g/mol. The van der Waals surface area contributed by atoms with E-state index in [1.807, 2.05) is 11.9 Å². The Bertz CT molecular complexity index is 1430. The summed E-state index contributed by atoms with van der Waals surface area (Å²) in [7, 11) is 2.03. The molecule has 0 bridgehead atoms. The lowest BCUT2D eigenvalue weighted by atomic mass is 9.96. The van der Waals surface area contributed by atoms with Crippen molar-refractivity contribution in [1.29, 1.82) is 0 Å². The number of amides is 1. The van der Waals surface area contributed by atoms with Crippen molar-refractivity contribution in [2.45, 2.75) is 57.2 Å². The molecule has 0 aliphatic carbocycles. The molecule has 2 fully saturated rings. The van der Waals surface area contributed by atoms with Gasteiger partial charge < -0.3 is 34.8 Å². The van der Waals surface area contributed by atoms with Gasteiger partial charge in [0.2, 0.25) is 12.5 Å². The highest BCUT2D eigenvalue weighted by Crippen LogP contribution is 2.42. The standard InChI is InChI=1S/C29H35F3N8O3/c1-5-24(41)40-10-9-39(14-19(40)13-34-3)27-20-16-42-22(26-25(29(30,31)32)17(2)11-23(33)36-26)12-21(20)35-28(37-27)43-15-18-7-6-8-38(18)4/h5,11,18-19,22H,1,6-10,12-16H2,2,4H3,(H2,33,36)/t18-,19-,22?/m0/s1. The quantitative estimate of drug-likeness (QED) is 0.378. The number of carbonyl (C=O) groups excluding carboxylic acids is 1. The number of nitrogen functional groups attached to an aromatic ring is 1. The number of aryl methyl sites for hydroxylation is 1. The van der Waals surface area contributed by atoms with E-state index >= 15 is 0 Å². The van der Waals surface area contributed by atoms with Crippen LogP contribution in [0.25, 0.3) is 4.85 Å². The lowest BCUT2D eigenvalue weighted by Crippen LogP contribution is -2.56. The third kappa shape index (κ3) is 6.37. The van der Waals surface area contributed by atoms with Gasteiger partial charge >= 0.3 is 12.2 Å². The summed E-state index contributed by atoms with van der Waals surface area (Å²) in [4.78, 5) is 35.2. The summed E-state index contributed by atoms with van der Waals surface area (Å²) in [5, 5.41) is 0. The van der Waals surface area contributed by atoms with Crippen molar-refractivity contribution in [2.75, 3.05) is 57.0 Å². The van der Waals surface area contributed by atoms with Gasteiger partial charge in [-0.1, -0.05) is 6.58 Å². The van der Waals surface area contributed by atoms with Crippen molar-refractivity contribution < 1.29 is 27.4 Å². The first-order chi connectivity index (χ1) is 20.5. The predicted octanol–water partition coefficient (Wildman–Crippen LogP) is 3.19. The summed E-state index contributed by atoms with van der Waals surface area (Å²) in [5.74, 6) is 0.242. The first-order valence-corrected chi connectivity index (χ1v) is 14.2. The van der Waals surface area contributed by atoms with Crippen LogP contribution in [0.4, 0.5) is 24.8 Å². The minimum atomic E-state index is -4.65. The van der Waals surface area contributed by atoms with E-state index in [9.17, 15) is 18.0 Å². The molecule has 0 radical (unpaired) electrons. The number of alkyl halides is 3. The van der Waals surface area contributed by atoms with Crippen LogP contribution in [0.15, 0.2) is 18.7 Å². The van der Waals surface area contributed by atoms with Crippen LogP contribution in [0.2, 0.25) is 0 Å². The van der Waals surface area contributed by atoms with Gasteiger partial charge in [0, 0.05) is 37.7 Å². The van der Waals surface area contributed by atoms with Crippen molar-refractivity contribution in [2.24, 2.45) is 0 Å². The van der Waals surface area contributed by atoms with Gasteiger partial charge in [0.05, 0.1) is 23.6 Å². The maximum absolute atomic E-state index is 14.1. The molecule has 2 N–H and O–H groups in total. The van der Waals surface area contributed by atoms with Crippen molar-refractivity contribution in [3.05, 3.63) is 58.2 Å². The number of nitrogens with two attached hydrogens (primary N) is 1. The van der Waals surface area contributed by atoms with Gasteiger partial charge in [-0.15, -0.1) is 0 Å². The molecule has 11 nitrogen and oxygen atoms in total. The smallest absolute Gasteiger partial charge is 0.418 e. The molecular formula is C29H35F3N8O3. The van der Waals surface area contributed by atoms with Gasteiger partial charge in [-0.25, -0.2) is 11.6 Å². The summed E-state index contributed by atoms with van der Waals surface area (Å²) < 4.78 is 54.4. The lowest BCUT2D eigenvalue weighted by Gasteiger charge is -2.40. The molecule has 0 spiro atoms. The largest absolute Gasteiger partial charge is 0.462 e. The lowest BCUT2D eigenvalue weighted by molar-refractivity contribution is -0.140. The maximum Gasteiger partial charge on any atom is 0.418 e. The van der Waals surface area contributed by atoms with Crippen LogP contribution in [-0.2, 0) is 28.7 Å². The third-order valence-corrected chi connectivity index (χ3v) is 8.33. The minimum Gasteiger partial charge on any atom is -0.462 e. The van der Waals surface area contributed by atoms with E-state index in [0.29, 0.717) is 43.3 Å². The van der Waals surface area contributed by atoms with E-state index in [2.05, 4.69) is 26.3 Å². The summed E-state index contributed by atoms with van der Waals surface area (Å²) in [6, 6.07) is 1.12. The number of anilines is 2. The maximum atomic E-state index is 14.1.